The first-order valence-electron chi connectivity index (χ1n) is 6.62. The Morgan fingerprint density at radius 1 is 1.28 bits per heavy atom. The summed E-state index contributed by atoms with van der Waals surface area (Å²) in [5.41, 5.74) is 3.04. The van der Waals surface area contributed by atoms with Crippen LogP contribution < -0.4 is 5.32 Å². The van der Waals surface area contributed by atoms with Crippen molar-refractivity contribution in [2.75, 3.05) is 13.1 Å². The van der Waals surface area contributed by atoms with Gasteiger partial charge in [-0.2, -0.15) is 0 Å². The summed E-state index contributed by atoms with van der Waals surface area (Å²) in [5.74, 6) is 0.418. The Morgan fingerprint density at radius 2 is 2.00 bits per heavy atom. The highest BCUT2D eigenvalue weighted by Crippen LogP contribution is 2.31. The van der Waals surface area contributed by atoms with Crippen LogP contribution in [0.1, 0.15) is 29.9 Å². The van der Waals surface area contributed by atoms with Crippen LogP contribution in [0.25, 0.3) is 10.9 Å². The van der Waals surface area contributed by atoms with E-state index in [0.29, 0.717) is 5.92 Å². The van der Waals surface area contributed by atoms with E-state index in [0.717, 1.165) is 48.0 Å². The summed E-state index contributed by atoms with van der Waals surface area (Å²) in [6.07, 6.45) is 4.22. The zero-order chi connectivity index (χ0) is 12.7. The molecule has 1 fully saturated rings. The van der Waals surface area contributed by atoms with E-state index in [9.17, 15) is 4.39 Å². The minimum absolute atomic E-state index is 0.0865. The first kappa shape index (κ1) is 11.7. The van der Waals surface area contributed by atoms with Gasteiger partial charge >= 0.3 is 0 Å². The van der Waals surface area contributed by atoms with Crippen molar-refractivity contribution in [3.63, 3.8) is 0 Å². The number of hydrogen-bond acceptors (Lipinski definition) is 1. The van der Waals surface area contributed by atoms with Gasteiger partial charge < -0.3 is 9.88 Å². The minimum Gasteiger partial charge on any atom is -0.348 e. The normalized spacial score (nSPS) is 17.5. The number of aryl methyl sites for hydroxylation is 2. The maximum Gasteiger partial charge on any atom is 0.147 e. The fourth-order valence-corrected chi connectivity index (χ4v) is 3.09. The smallest absolute Gasteiger partial charge is 0.147 e. The second kappa shape index (κ2) is 4.39. The second-order valence-electron chi connectivity index (χ2n) is 5.35. The van der Waals surface area contributed by atoms with E-state index in [4.69, 9.17) is 0 Å². The summed E-state index contributed by atoms with van der Waals surface area (Å²) in [6, 6.07) is 3.92. The van der Waals surface area contributed by atoms with Crippen molar-refractivity contribution in [1.29, 1.82) is 0 Å². The fraction of sp³-hybridized carbons (Fsp3) is 0.467. The van der Waals surface area contributed by atoms with Crippen molar-refractivity contribution in [1.82, 2.24) is 9.88 Å². The number of halogens is 1. The number of nitrogens with zero attached hydrogens (tertiary/aromatic N) is 1. The molecule has 0 aliphatic carbocycles. The third-order valence-electron chi connectivity index (χ3n) is 4.06. The first-order chi connectivity index (χ1) is 8.66. The molecule has 0 atom stereocenters. The van der Waals surface area contributed by atoms with E-state index in [2.05, 4.69) is 11.4 Å². The molecule has 2 heterocycles. The predicted octanol–water partition coefficient (Wildman–Crippen LogP) is 3.09. The molecule has 1 aliphatic heterocycles. The van der Waals surface area contributed by atoms with Gasteiger partial charge in [0, 0.05) is 18.6 Å². The highest BCUT2D eigenvalue weighted by molar-refractivity contribution is 5.85. The lowest BCUT2D eigenvalue weighted by Gasteiger charge is -2.23. The van der Waals surface area contributed by atoms with Gasteiger partial charge in [-0.05, 0) is 62.0 Å². The van der Waals surface area contributed by atoms with Gasteiger partial charge in [0.05, 0.1) is 5.52 Å². The van der Waals surface area contributed by atoms with Crippen LogP contribution in [0.3, 0.4) is 0 Å². The van der Waals surface area contributed by atoms with Crippen molar-refractivity contribution in [3.05, 3.63) is 35.3 Å². The van der Waals surface area contributed by atoms with Crippen LogP contribution in [0.4, 0.5) is 4.39 Å². The molecule has 1 aromatic heterocycles. The van der Waals surface area contributed by atoms with Gasteiger partial charge in [0.1, 0.15) is 5.82 Å². The van der Waals surface area contributed by atoms with E-state index in [1.54, 1.807) is 6.07 Å². The zero-order valence-corrected chi connectivity index (χ0v) is 11.0. The Balaban J connectivity index is 2.11. The molecule has 3 heteroatoms. The molecular formula is C15H19FN2. The standard InChI is InChI=1S/C15H19FN2/c1-10-9-18(2)15-13(10)7-12(8-14(15)16)11-3-5-17-6-4-11/h7-9,11,17H,3-6H2,1-2H3. The van der Waals surface area contributed by atoms with Gasteiger partial charge in [0.15, 0.2) is 0 Å². The molecule has 0 unspecified atom stereocenters. The lowest BCUT2D eigenvalue weighted by Crippen LogP contribution is -2.26. The maximum absolute atomic E-state index is 14.2. The molecule has 1 aliphatic rings. The summed E-state index contributed by atoms with van der Waals surface area (Å²) in [7, 11) is 1.91. The zero-order valence-electron chi connectivity index (χ0n) is 11.0. The Labute approximate surface area is 107 Å². The number of hydrogen-bond donors (Lipinski definition) is 1. The lowest BCUT2D eigenvalue weighted by atomic mass is 9.89. The molecule has 3 rings (SSSR count). The number of fused-ring (bicyclic) bond motifs is 1. The van der Waals surface area contributed by atoms with Gasteiger partial charge in [0.25, 0.3) is 0 Å². The average Bonchev–Trinajstić information content (AvgIpc) is 2.66. The topological polar surface area (TPSA) is 17.0 Å². The highest BCUT2D eigenvalue weighted by atomic mass is 19.1. The molecule has 2 nitrogen and oxygen atoms in total. The van der Waals surface area contributed by atoms with Gasteiger partial charge in [-0.15, -0.1) is 0 Å². The molecule has 1 aromatic carbocycles. The van der Waals surface area contributed by atoms with Gasteiger partial charge in [-0.1, -0.05) is 0 Å². The number of rotatable bonds is 1. The fourth-order valence-electron chi connectivity index (χ4n) is 3.09. The monoisotopic (exact) mass is 246 g/mol. The van der Waals surface area contributed by atoms with Gasteiger partial charge in [0.2, 0.25) is 0 Å². The average molecular weight is 246 g/mol. The molecule has 1 N–H and O–H groups in total. The predicted molar refractivity (Wildman–Crippen MR) is 72.5 cm³/mol. The van der Waals surface area contributed by atoms with E-state index in [1.807, 2.05) is 24.7 Å². The van der Waals surface area contributed by atoms with Gasteiger partial charge in [-0.25, -0.2) is 4.39 Å². The van der Waals surface area contributed by atoms with E-state index in [-0.39, 0.29) is 5.82 Å². The summed E-state index contributed by atoms with van der Waals surface area (Å²) in [4.78, 5) is 0. The highest BCUT2D eigenvalue weighted by Gasteiger charge is 2.18. The largest absolute Gasteiger partial charge is 0.348 e. The molecule has 2 aromatic rings. The van der Waals surface area contributed by atoms with Crippen LogP contribution in [-0.4, -0.2) is 17.7 Å². The summed E-state index contributed by atoms with van der Waals surface area (Å²) in [6.45, 7) is 4.13. The molecule has 0 amide bonds. The Morgan fingerprint density at radius 3 is 2.72 bits per heavy atom. The molecule has 0 spiro atoms. The van der Waals surface area contributed by atoms with E-state index in [1.165, 1.54) is 0 Å². The summed E-state index contributed by atoms with van der Waals surface area (Å²) >= 11 is 0. The molecule has 0 saturated carbocycles. The van der Waals surface area contributed by atoms with Crippen molar-refractivity contribution in [3.8, 4) is 0 Å². The Kier molecular flexibility index (Phi) is 2.86. The Hall–Kier alpha value is -1.35. The summed E-state index contributed by atoms with van der Waals surface area (Å²) in [5, 5.41) is 4.42. The van der Waals surface area contributed by atoms with Crippen LogP contribution in [0.5, 0.6) is 0 Å². The van der Waals surface area contributed by atoms with Crippen molar-refractivity contribution in [2.45, 2.75) is 25.7 Å². The van der Waals surface area contributed by atoms with Crippen LogP contribution in [-0.2, 0) is 7.05 Å². The molecule has 0 bridgehead atoms. The molecule has 1 saturated heterocycles. The van der Waals surface area contributed by atoms with Crippen LogP contribution in [0.15, 0.2) is 18.3 Å². The lowest BCUT2D eigenvalue weighted by molar-refractivity contribution is 0.459. The number of aromatic nitrogens is 1. The maximum atomic E-state index is 14.2. The number of nitrogens with one attached hydrogen (secondary N) is 1. The quantitative estimate of drug-likeness (QED) is 0.818. The van der Waals surface area contributed by atoms with Crippen molar-refractivity contribution in [2.24, 2.45) is 7.05 Å². The Bertz CT molecular complexity index is 580. The van der Waals surface area contributed by atoms with E-state index >= 15 is 0 Å². The number of piperidine rings is 1. The first-order valence-corrected chi connectivity index (χ1v) is 6.62. The van der Waals surface area contributed by atoms with Crippen molar-refractivity contribution < 1.29 is 4.39 Å². The van der Waals surface area contributed by atoms with Crippen molar-refractivity contribution >= 4 is 10.9 Å². The third kappa shape index (κ3) is 1.83. The van der Waals surface area contributed by atoms with Crippen LogP contribution >= 0.6 is 0 Å². The van der Waals surface area contributed by atoms with E-state index < -0.39 is 0 Å². The minimum atomic E-state index is -0.0865. The second-order valence-corrected chi connectivity index (χ2v) is 5.35. The molecule has 18 heavy (non-hydrogen) atoms. The molecule has 96 valence electrons. The molecule has 0 radical (unpaired) electrons. The molecular weight excluding hydrogens is 227 g/mol. The number of benzene rings is 1. The summed E-state index contributed by atoms with van der Waals surface area (Å²) < 4.78 is 16.1. The van der Waals surface area contributed by atoms with Crippen LogP contribution in [0, 0.1) is 12.7 Å². The third-order valence-corrected chi connectivity index (χ3v) is 4.06. The van der Waals surface area contributed by atoms with Crippen LogP contribution in [0.2, 0.25) is 0 Å². The van der Waals surface area contributed by atoms with Gasteiger partial charge in [-0.3, -0.25) is 0 Å². The SMILES string of the molecule is Cc1cn(C)c2c(F)cc(C3CCNCC3)cc12.